The molecule has 0 aromatic heterocycles. The Balaban J connectivity index is 1.33. The van der Waals surface area contributed by atoms with E-state index in [4.69, 9.17) is 4.74 Å². The highest BCUT2D eigenvalue weighted by Crippen LogP contribution is 2.32. The van der Waals surface area contributed by atoms with Crippen molar-refractivity contribution in [1.29, 1.82) is 0 Å². The van der Waals surface area contributed by atoms with Gasteiger partial charge in [0.2, 0.25) is 5.78 Å². The van der Waals surface area contributed by atoms with E-state index in [1.54, 1.807) is 42.6 Å². The first-order valence-electron chi connectivity index (χ1n) is 10.6. The van der Waals surface area contributed by atoms with Gasteiger partial charge in [-0.1, -0.05) is 36.4 Å². The van der Waals surface area contributed by atoms with Crippen LogP contribution in [-0.2, 0) is 0 Å². The van der Waals surface area contributed by atoms with E-state index in [1.807, 2.05) is 12.1 Å². The van der Waals surface area contributed by atoms with Gasteiger partial charge in [0.25, 0.3) is 0 Å². The normalized spacial score (nSPS) is 17.7. The molecular weight excluding hydrogens is 410 g/mol. The molecule has 1 fully saturated rings. The van der Waals surface area contributed by atoms with Gasteiger partial charge in [0, 0.05) is 32.4 Å². The van der Waals surface area contributed by atoms with Crippen molar-refractivity contribution in [2.24, 2.45) is 0 Å². The molecule has 0 spiro atoms. The van der Waals surface area contributed by atoms with Crippen molar-refractivity contribution < 1.29 is 18.3 Å². The average molecular weight is 432 g/mol. The number of fused-ring (bicyclic) bond motifs is 1. The van der Waals surface area contributed by atoms with Gasteiger partial charge in [0.1, 0.15) is 17.4 Å². The Hall–Kier alpha value is -3.51. The third-order valence-electron chi connectivity index (χ3n) is 5.96. The third kappa shape index (κ3) is 4.01. The molecule has 2 aliphatic heterocycles. The number of carbonyl (C=O) groups is 1. The van der Waals surface area contributed by atoms with Crippen LogP contribution in [0.2, 0.25) is 0 Å². The average Bonchev–Trinajstić information content (AvgIpc) is 3.13. The van der Waals surface area contributed by atoms with E-state index in [-0.39, 0.29) is 23.5 Å². The Bertz CT molecular complexity index is 1110. The van der Waals surface area contributed by atoms with Crippen molar-refractivity contribution in [2.45, 2.75) is 6.04 Å². The van der Waals surface area contributed by atoms with Crippen LogP contribution in [0.15, 0.2) is 84.8 Å². The summed E-state index contributed by atoms with van der Waals surface area (Å²) >= 11 is 0. The van der Waals surface area contributed by atoms with Crippen LogP contribution in [0.4, 0.5) is 8.78 Å². The van der Waals surface area contributed by atoms with Crippen molar-refractivity contribution in [3.05, 3.63) is 113 Å². The van der Waals surface area contributed by atoms with Crippen molar-refractivity contribution in [2.75, 3.05) is 26.2 Å². The van der Waals surface area contributed by atoms with Crippen LogP contribution in [0, 0.1) is 11.6 Å². The molecule has 32 heavy (non-hydrogen) atoms. The highest BCUT2D eigenvalue weighted by atomic mass is 19.1. The number of hydrogen-bond donors (Lipinski definition) is 0. The summed E-state index contributed by atoms with van der Waals surface area (Å²) in [4.78, 5) is 17.0. The van der Waals surface area contributed by atoms with E-state index >= 15 is 0 Å². The van der Waals surface area contributed by atoms with E-state index in [2.05, 4.69) is 9.80 Å². The molecule has 1 saturated heterocycles. The Morgan fingerprint density at radius 1 is 0.781 bits per heavy atom. The lowest BCUT2D eigenvalue weighted by Crippen LogP contribution is -2.46. The minimum Gasteiger partial charge on any atom is -0.451 e. The van der Waals surface area contributed by atoms with Crippen LogP contribution in [0.5, 0.6) is 5.75 Å². The number of Topliss-reactive ketones (excluding diaryl/α,β-unsaturated/α-hetero) is 1. The number of ketones is 1. The number of ether oxygens (including phenoxy) is 1. The van der Waals surface area contributed by atoms with Gasteiger partial charge >= 0.3 is 0 Å². The fourth-order valence-corrected chi connectivity index (χ4v) is 4.32. The second kappa shape index (κ2) is 8.55. The van der Waals surface area contributed by atoms with Gasteiger partial charge in [-0.15, -0.1) is 0 Å². The zero-order chi connectivity index (χ0) is 22.1. The van der Waals surface area contributed by atoms with Crippen LogP contribution in [0.1, 0.15) is 27.5 Å². The van der Waals surface area contributed by atoms with E-state index in [0.717, 1.165) is 24.2 Å². The molecule has 162 valence electrons. The molecule has 5 rings (SSSR count). The van der Waals surface area contributed by atoms with Crippen LogP contribution in [0.3, 0.4) is 0 Å². The van der Waals surface area contributed by atoms with Crippen LogP contribution >= 0.6 is 0 Å². The van der Waals surface area contributed by atoms with Crippen LogP contribution in [-0.4, -0.2) is 41.8 Å². The molecular formula is C26H22F2N2O2. The maximum absolute atomic E-state index is 13.5. The molecule has 0 amide bonds. The number of nitrogens with zero attached hydrogens (tertiary/aromatic N) is 2. The molecule has 0 unspecified atom stereocenters. The Morgan fingerprint density at radius 3 is 1.91 bits per heavy atom. The summed E-state index contributed by atoms with van der Waals surface area (Å²) < 4.78 is 32.8. The van der Waals surface area contributed by atoms with Crippen molar-refractivity contribution in [3.8, 4) is 5.75 Å². The Labute approximate surface area is 185 Å². The minimum atomic E-state index is -0.287. The lowest BCUT2D eigenvalue weighted by atomic mass is 9.96. The molecule has 3 aromatic rings. The first-order valence-corrected chi connectivity index (χ1v) is 10.6. The third-order valence-corrected chi connectivity index (χ3v) is 5.96. The predicted octanol–water partition coefficient (Wildman–Crippen LogP) is 4.79. The first kappa shape index (κ1) is 20.4. The SMILES string of the molecule is O=C1C(=CN2CCN(C(c3ccc(F)cc3)c3ccc(F)cc3)CC2)Oc2ccccc21. The summed E-state index contributed by atoms with van der Waals surface area (Å²) in [6.45, 7) is 2.86. The fourth-order valence-electron chi connectivity index (χ4n) is 4.32. The van der Waals surface area contributed by atoms with E-state index in [9.17, 15) is 13.6 Å². The van der Waals surface area contributed by atoms with Gasteiger partial charge in [-0.3, -0.25) is 9.69 Å². The Morgan fingerprint density at radius 2 is 1.34 bits per heavy atom. The lowest BCUT2D eigenvalue weighted by Gasteiger charge is -2.39. The maximum Gasteiger partial charge on any atom is 0.233 e. The lowest BCUT2D eigenvalue weighted by molar-refractivity contribution is 0.1000. The van der Waals surface area contributed by atoms with E-state index in [1.165, 1.54) is 24.3 Å². The highest BCUT2D eigenvalue weighted by molar-refractivity contribution is 6.12. The summed E-state index contributed by atoms with van der Waals surface area (Å²) in [5.74, 6) is 0.262. The molecule has 0 aliphatic carbocycles. The summed E-state index contributed by atoms with van der Waals surface area (Å²) in [6, 6.07) is 20.0. The second-order valence-corrected chi connectivity index (χ2v) is 8.00. The molecule has 0 atom stereocenters. The smallest absolute Gasteiger partial charge is 0.233 e. The predicted molar refractivity (Wildman–Crippen MR) is 117 cm³/mol. The summed E-state index contributed by atoms with van der Waals surface area (Å²) in [6.07, 6.45) is 1.80. The Kier molecular flexibility index (Phi) is 5.45. The summed E-state index contributed by atoms with van der Waals surface area (Å²) in [5.41, 5.74) is 2.49. The van der Waals surface area contributed by atoms with Crippen LogP contribution < -0.4 is 4.74 Å². The maximum atomic E-state index is 13.5. The van der Waals surface area contributed by atoms with E-state index in [0.29, 0.717) is 30.2 Å². The number of rotatable bonds is 4. The van der Waals surface area contributed by atoms with Gasteiger partial charge in [0.15, 0.2) is 5.76 Å². The number of benzene rings is 3. The monoisotopic (exact) mass is 432 g/mol. The quantitative estimate of drug-likeness (QED) is 0.555. The van der Waals surface area contributed by atoms with Gasteiger partial charge < -0.3 is 9.64 Å². The van der Waals surface area contributed by atoms with Gasteiger partial charge in [-0.2, -0.15) is 0 Å². The molecule has 3 aromatic carbocycles. The molecule has 0 saturated carbocycles. The zero-order valence-electron chi connectivity index (χ0n) is 17.4. The highest BCUT2D eigenvalue weighted by Gasteiger charge is 2.30. The molecule has 6 heteroatoms. The first-order chi connectivity index (χ1) is 15.6. The van der Waals surface area contributed by atoms with E-state index < -0.39 is 0 Å². The molecule has 2 aliphatic rings. The fraction of sp³-hybridized carbons (Fsp3) is 0.192. The zero-order valence-corrected chi connectivity index (χ0v) is 17.4. The second-order valence-electron chi connectivity index (χ2n) is 8.00. The van der Waals surface area contributed by atoms with Gasteiger partial charge in [-0.25, -0.2) is 8.78 Å². The summed E-state index contributed by atoms with van der Waals surface area (Å²) in [5, 5.41) is 0. The number of halogens is 2. The topological polar surface area (TPSA) is 32.8 Å². The number of carbonyl (C=O) groups excluding carboxylic acids is 1. The van der Waals surface area contributed by atoms with Crippen molar-refractivity contribution >= 4 is 5.78 Å². The van der Waals surface area contributed by atoms with Gasteiger partial charge in [0.05, 0.1) is 11.6 Å². The summed E-state index contributed by atoms with van der Waals surface area (Å²) in [7, 11) is 0. The molecule has 0 N–H and O–H groups in total. The largest absolute Gasteiger partial charge is 0.451 e. The van der Waals surface area contributed by atoms with Crippen molar-refractivity contribution in [3.63, 3.8) is 0 Å². The number of piperazine rings is 1. The molecule has 4 nitrogen and oxygen atoms in total. The minimum absolute atomic E-state index is 0.0986. The number of para-hydroxylation sites is 1. The molecule has 2 heterocycles. The molecule has 0 bridgehead atoms. The number of hydrogen-bond acceptors (Lipinski definition) is 4. The standard InChI is InChI=1S/C26H22F2N2O2/c27-20-9-5-18(6-10-20)25(19-7-11-21(28)12-8-19)30-15-13-29(14-16-30)17-24-26(31)22-3-1-2-4-23(22)32-24/h1-12,17,25H,13-16H2. The van der Waals surface area contributed by atoms with Gasteiger partial charge in [-0.05, 0) is 47.5 Å². The number of allylic oxidation sites excluding steroid dienone is 1. The van der Waals surface area contributed by atoms with Crippen LogP contribution in [0.25, 0.3) is 0 Å². The van der Waals surface area contributed by atoms with Crippen molar-refractivity contribution in [1.82, 2.24) is 9.80 Å². The molecule has 0 radical (unpaired) electrons.